The molecule has 1 saturated heterocycles. The highest BCUT2D eigenvalue weighted by Gasteiger charge is 2.23. The average molecular weight is 356 g/mol. The second-order valence-electron chi connectivity index (χ2n) is 6.94. The van der Waals surface area contributed by atoms with Gasteiger partial charge in [-0.3, -0.25) is 0 Å². The molecule has 1 unspecified atom stereocenters. The molecular weight excluding hydrogens is 332 g/mol. The van der Waals surface area contributed by atoms with Crippen LogP contribution in [0.25, 0.3) is 22.3 Å². The molecule has 0 bridgehead atoms. The summed E-state index contributed by atoms with van der Waals surface area (Å²) in [5.74, 6) is 0.919. The van der Waals surface area contributed by atoms with Gasteiger partial charge in [0.1, 0.15) is 18.5 Å². The number of epoxide rings is 1. The Hall–Kier alpha value is -2.84. The third kappa shape index (κ3) is 3.96. The third-order valence-corrected chi connectivity index (χ3v) is 4.93. The van der Waals surface area contributed by atoms with E-state index in [1.54, 1.807) is 0 Å². The largest absolute Gasteiger partial charge is 0.490 e. The fourth-order valence-electron chi connectivity index (χ4n) is 3.39. The third-order valence-electron chi connectivity index (χ3n) is 4.93. The minimum absolute atomic E-state index is 0.253. The molecule has 136 valence electrons. The smallest absolute Gasteiger partial charge is 0.122 e. The molecule has 3 aromatic carbocycles. The summed E-state index contributed by atoms with van der Waals surface area (Å²) >= 11 is 0. The van der Waals surface area contributed by atoms with Crippen LogP contribution in [0.3, 0.4) is 0 Å². The topological polar surface area (TPSA) is 21.8 Å². The zero-order valence-electron chi connectivity index (χ0n) is 15.7. The molecular formula is C25H24O2. The SMILES string of the molecule is C=CCc1cc(-c2ccccc2-c2ccccc2C)ccc1OCC1CO1. The van der Waals surface area contributed by atoms with Crippen molar-refractivity contribution in [1.29, 1.82) is 0 Å². The highest BCUT2D eigenvalue weighted by atomic mass is 16.6. The number of rotatable bonds is 7. The summed E-state index contributed by atoms with van der Waals surface area (Å²) in [7, 11) is 0. The van der Waals surface area contributed by atoms with Gasteiger partial charge in [0.2, 0.25) is 0 Å². The van der Waals surface area contributed by atoms with E-state index in [0.717, 1.165) is 24.3 Å². The Balaban J connectivity index is 1.74. The molecule has 1 aliphatic heterocycles. The lowest BCUT2D eigenvalue weighted by Gasteiger charge is -2.15. The summed E-state index contributed by atoms with van der Waals surface area (Å²) in [5, 5.41) is 0. The van der Waals surface area contributed by atoms with Gasteiger partial charge >= 0.3 is 0 Å². The van der Waals surface area contributed by atoms with E-state index < -0.39 is 0 Å². The first-order valence-corrected chi connectivity index (χ1v) is 9.40. The van der Waals surface area contributed by atoms with Crippen LogP contribution in [-0.4, -0.2) is 19.3 Å². The number of hydrogen-bond acceptors (Lipinski definition) is 2. The summed E-state index contributed by atoms with van der Waals surface area (Å²) in [6.07, 6.45) is 2.96. The highest BCUT2D eigenvalue weighted by Crippen LogP contribution is 2.36. The van der Waals surface area contributed by atoms with Crippen molar-refractivity contribution in [2.75, 3.05) is 13.2 Å². The van der Waals surface area contributed by atoms with E-state index in [0.29, 0.717) is 6.61 Å². The van der Waals surface area contributed by atoms with Gasteiger partial charge in [0, 0.05) is 0 Å². The van der Waals surface area contributed by atoms with Crippen LogP contribution in [-0.2, 0) is 11.2 Å². The molecule has 4 rings (SSSR count). The van der Waals surface area contributed by atoms with Gasteiger partial charge in [-0.25, -0.2) is 0 Å². The van der Waals surface area contributed by atoms with Crippen molar-refractivity contribution < 1.29 is 9.47 Å². The van der Waals surface area contributed by atoms with E-state index in [4.69, 9.17) is 9.47 Å². The zero-order chi connectivity index (χ0) is 18.6. The van der Waals surface area contributed by atoms with Crippen LogP contribution in [0.4, 0.5) is 0 Å². The van der Waals surface area contributed by atoms with Gasteiger partial charge in [0.05, 0.1) is 6.61 Å². The van der Waals surface area contributed by atoms with E-state index >= 15 is 0 Å². The molecule has 1 fully saturated rings. The number of aryl methyl sites for hydroxylation is 1. The van der Waals surface area contributed by atoms with E-state index in [1.165, 1.54) is 27.8 Å². The molecule has 0 radical (unpaired) electrons. The normalized spacial score (nSPS) is 15.4. The van der Waals surface area contributed by atoms with Gasteiger partial charge in [-0.2, -0.15) is 0 Å². The molecule has 3 aromatic rings. The summed E-state index contributed by atoms with van der Waals surface area (Å²) < 4.78 is 11.2. The van der Waals surface area contributed by atoms with E-state index in [-0.39, 0.29) is 6.10 Å². The first-order valence-electron chi connectivity index (χ1n) is 9.40. The molecule has 0 amide bonds. The van der Waals surface area contributed by atoms with Crippen molar-refractivity contribution in [3.8, 4) is 28.0 Å². The van der Waals surface area contributed by atoms with Crippen LogP contribution in [0.5, 0.6) is 5.75 Å². The number of ether oxygens (including phenoxy) is 2. The molecule has 0 N–H and O–H groups in total. The molecule has 2 heteroatoms. The van der Waals surface area contributed by atoms with Gasteiger partial charge < -0.3 is 9.47 Å². The molecule has 0 aromatic heterocycles. The van der Waals surface area contributed by atoms with Crippen LogP contribution in [0.2, 0.25) is 0 Å². The average Bonchev–Trinajstić information content (AvgIpc) is 3.52. The van der Waals surface area contributed by atoms with Crippen LogP contribution < -0.4 is 4.74 Å². The van der Waals surface area contributed by atoms with Crippen LogP contribution in [0.1, 0.15) is 11.1 Å². The summed E-state index contributed by atoms with van der Waals surface area (Å²) in [4.78, 5) is 0. The molecule has 0 aliphatic carbocycles. The lowest BCUT2D eigenvalue weighted by molar-refractivity contribution is 0.261. The molecule has 1 atom stereocenters. The van der Waals surface area contributed by atoms with Gasteiger partial charge in [-0.1, -0.05) is 60.7 Å². The van der Waals surface area contributed by atoms with Gasteiger partial charge in [0.25, 0.3) is 0 Å². The van der Waals surface area contributed by atoms with Gasteiger partial charge in [0.15, 0.2) is 0 Å². The maximum absolute atomic E-state index is 5.97. The second-order valence-corrected chi connectivity index (χ2v) is 6.94. The van der Waals surface area contributed by atoms with Gasteiger partial charge in [-0.05, 0) is 58.9 Å². The van der Waals surface area contributed by atoms with Crippen molar-refractivity contribution in [3.63, 3.8) is 0 Å². The standard InChI is InChI=1S/C25H24O2/c1-3-8-20-15-19(13-14-25(20)27-17-21-16-26-21)23-11-6-7-12-24(23)22-10-5-4-9-18(22)2/h3-7,9-15,21H,1,8,16-17H2,2H3. The Bertz CT molecular complexity index is 954. The molecule has 0 saturated carbocycles. The summed E-state index contributed by atoms with van der Waals surface area (Å²) in [5.41, 5.74) is 7.38. The lowest BCUT2D eigenvalue weighted by Crippen LogP contribution is -2.06. The first-order chi connectivity index (χ1) is 13.3. The van der Waals surface area contributed by atoms with Crippen LogP contribution in [0.15, 0.2) is 79.4 Å². The second kappa shape index (κ2) is 7.81. The van der Waals surface area contributed by atoms with E-state index in [9.17, 15) is 0 Å². The number of benzene rings is 3. The Morgan fingerprint density at radius 3 is 2.41 bits per heavy atom. The maximum atomic E-state index is 5.97. The van der Waals surface area contributed by atoms with Gasteiger partial charge in [-0.15, -0.1) is 6.58 Å². The minimum Gasteiger partial charge on any atom is -0.490 e. The van der Waals surface area contributed by atoms with Crippen molar-refractivity contribution in [2.24, 2.45) is 0 Å². The van der Waals surface area contributed by atoms with E-state index in [1.807, 2.05) is 6.08 Å². The number of allylic oxidation sites excluding steroid dienone is 1. The monoisotopic (exact) mass is 356 g/mol. The Morgan fingerprint density at radius 1 is 1.00 bits per heavy atom. The fraction of sp³-hybridized carbons (Fsp3) is 0.200. The summed E-state index contributed by atoms with van der Waals surface area (Å²) in [6, 6.07) is 23.5. The van der Waals surface area contributed by atoms with Crippen molar-refractivity contribution in [2.45, 2.75) is 19.4 Å². The lowest BCUT2D eigenvalue weighted by atomic mass is 9.91. The zero-order valence-corrected chi connectivity index (χ0v) is 15.7. The number of hydrogen-bond donors (Lipinski definition) is 0. The molecule has 2 nitrogen and oxygen atoms in total. The first kappa shape index (κ1) is 17.6. The minimum atomic E-state index is 0.253. The fourth-order valence-corrected chi connectivity index (χ4v) is 3.39. The molecule has 0 spiro atoms. The van der Waals surface area contributed by atoms with E-state index in [2.05, 4.69) is 80.2 Å². The Morgan fingerprint density at radius 2 is 1.70 bits per heavy atom. The molecule has 27 heavy (non-hydrogen) atoms. The predicted octanol–water partition coefficient (Wildman–Crippen LogP) is 5.84. The molecule has 1 aliphatic rings. The van der Waals surface area contributed by atoms with Crippen LogP contribution >= 0.6 is 0 Å². The van der Waals surface area contributed by atoms with Crippen molar-refractivity contribution in [1.82, 2.24) is 0 Å². The highest BCUT2D eigenvalue weighted by molar-refractivity contribution is 5.85. The maximum Gasteiger partial charge on any atom is 0.122 e. The molecule has 1 heterocycles. The van der Waals surface area contributed by atoms with Crippen molar-refractivity contribution >= 4 is 0 Å². The Labute approximate surface area is 161 Å². The van der Waals surface area contributed by atoms with Crippen LogP contribution in [0, 0.1) is 6.92 Å². The van der Waals surface area contributed by atoms with Crippen molar-refractivity contribution in [3.05, 3.63) is 90.5 Å². The quantitative estimate of drug-likeness (QED) is 0.392. The predicted molar refractivity (Wildman–Crippen MR) is 111 cm³/mol. The summed E-state index contributed by atoms with van der Waals surface area (Å²) in [6.45, 7) is 7.48. The Kier molecular flexibility index (Phi) is 5.08.